The van der Waals surface area contributed by atoms with Crippen LogP contribution in [0.1, 0.15) is 6.92 Å². The monoisotopic (exact) mass is 247 g/mol. The first-order valence-electron chi connectivity index (χ1n) is 5.82. The van der Waals surface area contributed by atoms with Gasteiger partial charge in [0.05, 0.1) is 12.3 Å². The number of hydrogen-bond acceptors (Lipinski definition) is 3. The second kappa shape index (κ2) is 5.55. The lowest BCUT2D eigenvalue weighted by molar-refractivity contribution is 0.190. The van der Waals surface area contributed by atoms with E-state index in [1.54, 1.807) is 7.11 Å². The van der Waals surface area contributed by atoms with E-state index >= 15 is 0 Å². The van der Waals surface area contributed by atoms with Gasteiger partial charge in [-0.1, -0.05) is 12.1 Å². The van der Waals surface area contributed by atoms with Crippen molar-refractivity contribution >= 4 is 5.69 Å². The smallest absolute Gasteiger partial charge is 0.264 e. The van der Waals surface area contributed by atoms with Crippen LogP contribution in [0.15, 0.2) is 35.1 Å². The zero-order valence-corrected chi connectivity index (χ0v) is 10.5. The summed E-state index contributed by atoms with van der Waals surface area (Å²) in [5.41, 5.74) is 2.66. The van der Waals surface area contributed by atoms with Crippen LogP contribution in [-0.2, 0) is 4.74 Å². The van der Waals surface area contributed by atoms with Crippen molar-refractivity contribution in [3.05, 3.63) is 40.7 Å². The Hall–Kier alpha value is -2.01. The second-order valence-electron chi connectivity index (χ2n) is 4.25. The molecule has 0 aliphatic heterocycles. The van der Waals surface area contributed by atoms with Crippen LogP contribution in [0.3, 0.4) is 0 Å². The number of H-pyrrole nitrogens is 2. The highest BCUT2D eigenvalue weighted by atomic mass is 16.5. The zero-order valence-electron chi connectivity index (χ0n) is 10.5. The minimum absolute atomic E-state index is 0.124. The van der Waals surface area contributed by atoms with E-state index in [0.717, 1.165) is 16.9 Å². The molecule has 2 rings (SSSR count). The molecule has 0 spiro atoms. The van der Waals surface area contributed by atoms with Crippen LogP contribution in [0.5, 0.6) is 0 Å². The molecule has 1 heterocycles. The molecule has 1 aromatic carbocycles. The van der Waals surface area contributed by atoms with Gasteiger partial charge in [-0.05, 0) is 24.6 Å². The van der Waals surface area contributed by atoms with E-state index in [2.05, 4.69) is 22.4 Å². The molecule has 0 saturated carbocycles. The number of nitrogens with one attached hydrogen (secondary N) is 3. The van der Waals surface area contributed by atoms with E-state index in [1.807, 2.05) is 24.3 Å². The van der Waals surface area contributed by atoms with Gasteiger partial charge < -0.3 is 10.1 Å². The summed E-state index contributed by atoms with van der Waals surface area (Å²) in [5, 5.41) is 8.66. The van der Waals surface area contributed by atoms with Gasteiger partial charge in [-0.25, -0.2) is 0 Å². The predicted octanol–water partition coefficient (Wildman–Crippen LogP) is 1.82. The molecule has 0 bridgehead atoms. The summed E-state index contributed by atoms with van der Waals surface area (Å²) in [6, 6.07) is 9.67. The number of benzene rings is 1. The van der Waals surface area contributed by atoms with Gasteiger partial charge >= 0.3 is 0 Å². The molecule has 0 aliphatic rings. The molecule has 1 aromatic heterocycles. The first-order valence-corrected chi connectivity index (χ1v) is 5.82. The molecule has 96 valence electrons. The van der Waals surface area contributed by atoms with E-state index in [0.29, 0.717) is 6.61 Å². The van der Waals surface area contributed by atoms with Gasteiger partial charge in [-0.2, -0.15) is 0 Å². The number of methoxy groups -OCH3 is 1. The molecular formula is C13H17N3O2. The van der Waals surface area contributed by atoms with Gasteiger partial charge in [0.15, 0.2) is 0 Å². The number of ether oxygens (including phenoxy) is 1. The molecule has 0 amide bonds. The van der Waals surface area contributed by atoms with Gasteiger partial charge in [-0.3, -0.25) is 15.0 Å². The third kappa shape index (κ3) is 3.01. The summed E-state index contributed by atoms with van der Waals surface area (Å²) in [7, 11) is 1.68. The average molecular weight is 247 g/mol. The van der Waals surface area contributed by atoms with Crippen LogP contribution < -0.4 is 10.9 Å². The Morgan fingerprint density at radius 1 is 1.28 bits per heavy atom. The first-order chi connectivity index (χ1) is 8.69. The van der Waals surface area contributed by atoms with Crippen molar-refractivity contribution in [1.29, 1.82) is 0 Å². The molecule has 1 atom stereocenters. The molecule has 0 radical (unpaired) electrons. The fourth-order valence-electron chi connectivity index (χ4n) is 1.81. The third-order valence-electron chi connectivity index (χ3n) is 2.62. The Bertz CT molecular complexity index is 542. The molecule has 0 saturated heterocycles. The van der Waals surface area contributed by atoms with Crippen molar-refractivity contribution in [3.63, 3.8) is 0 Å². The lowest BCUT2D eigenvalue weighted by atomic mass is 10.1. The first kappa shape index (κ1) is 12.4. The summed E-state index contributed by atoms with van der Waals surface area (Å²) in [6.07, 6.45) is 0. The minimum atomic E-state index is -0.124. The average Bonchev–Trinajstić information content (AvgIpc) is 2.77. The largest absolute Gasteiger partial charge is 0.383 e. The molecule has 2 aromatic rings. The van der Waals surface area contributed by atoms with Gasteiger partial charge in [0.2, 0.25) is 0 Å². The van der Waals surface area contributed by atoms with Crippen molar-refractivity contribution in [1.82, 2.24) is 10.2 Å². The number of aromatic amines is 2. The topological polar surface area (TPSA) is 69.9 Å². The number of aromatic nitrogens is 2. The van der Waals surface area contributed by atoms with Crippen molar-refractivity contribution in [2.24, 2.45) is 0 Å². The van der Waals surface area contributed by atoms with E-state index in [9.17, 15) is 4.79 Å². The number of anilines is 1. The Morgan fingerprint density at radius 2 is 2.00 bits per heavy atom. The third-order valence-corrected chi connectivity index (χ3v) is 2.62. The summed E-state index contributed by atoms with van der Waals surface area (Å²) in [5.74, 6) is 0. The minimum Gasteiger partial charge on any atom is -0.383 e. The van der Waals surface area contributed by atoms with Crippen LogP contribution in [0.25, 0.3) is 11.3 Å². The van der Waals surface area contributed by atoms with E-state index in [-0.39, 0.29) is 11.6 Å². The quantitative estimate of drug-likeness (QED) is 0.754. The lowest BCUT2D eigenvalue weighted by Gasteiger charge is -2.14. The molecule has 1 unspecified atom stereocenters. The normalized spacial score (nSPS) is 12.3. The van der Waals surface area contributed by atoms with Gasteiger partial charge in [-0.15, -0.1) is 0 Å². The van der Waals surface area contributed by atoms with Gasteiger partial charge in [0, 0.05) is 24.9 Å². The highest BCUT2D eigenvalue weighted by molar-refractivity contribution is 5.62. The highest BCUT2D eigenvalue weighted by Gasteiger charge is 2.03. The van der Waals surface area contributed by atoms with Crippen molar-refractivity contribution in [2.45, 2.75) is 13.0 Å². The van der Waals surface area contributed by atoms with E-state index in [4.69, 9.17) is 4.74 Å². The van der Waals surface area contributed by atoms with Crippen LogP contribution in [0.2, 0.25) is 0 Å². The number of rotatable bonds is 5. The molecule has 18 heavy (non-hydrogen) atoms. The summed E-state index contributed by atoms with van der Waals surface area (Å²) < 4.78 is 5.07. The van der Waals surface area contributed by atoms with Gasteiger partial charge in [0.1, 0.15) is 0 Å². The van der Waals surface area contributed by atoms with Gasteiger partial charge in [0.25, 0.3) is 5.56 Å². The fraction of sp³-hybridized carbons (Fsp3) is 0.308. The Labute approximate surface area is 105 Å². The Balaban J connectivity index is 2.08. The molecule has 5 heteroatoms. The maximum atomic E-state index is 11.0. The predicted molar refractivity (Wildman–Crippen MR) is 71.8 cm³/mol. The maximum absolute atomic E-state index is 11.0. The molecule has 0 aliphatic carbocycles. The van der Waals surface area contributed by atoms with Crippen LogP contribution in [0.4, 0.5) is 5.69 Å². The lowest BCUT2D eigenvalue weighted by Crippen LogP contribution is -2.20. The Kier molecular flexibility index (Phi) is 3.84. The van der Waals surface area contributed by atoms with Crippen molar-refractivity contribution < 1.29 is 4.74 Å². The molecule has 3 N–H and O–H groups in total. The molecular weight excluding hydrogens is 230 g/mol. The van der Waals surface area contributed by atoms with Crippen LogP contribution >= 0.6 is 0 Å². The summed E-state index contributed by atoms with van der Waals surface area (Å²) in [6.45, 7) is 2.72. The molecule has 0 fully saturated rings. The SMILES string of the molecule is COCC(C)Nc1ccc(-c2cc(=O)[nH][nH]2)cc1. The van der Waals surface area contributed by atoms with Crippen LogP contribution in [0, 0.1) is 0 Å². The van der Waals surface area contributed by atoms with Crippen LogP contribution in [-0.4, -0.2) is 30.0 Å². The zero-order chi connectivity index (χ0) is 13.0. The summed E-state index contributed by atoms with van der Waals surface area (Å²) >= 11 is 0. The summed E-state index contributed by atoms with van der Waals surface area (Å²) in [4.78, 5) is 11.0. The van der Waals surface area contributed by atoms with E-state index < -0.39 is 0 Å². The van der Waals surface area contributed by atoms with Crippen molar-refractivity contribution in [2.75, 3.05) is 19.0 Å². The second-order valence-corrected chi connectivity index (χ2v) is 4.25. The van der Waals surface area contributed by atoms with Crippen molar-refractivity contribution in [3.8, 4) is 11.3 Å². The van der Waals surface area contributed by atoms with E-state index in [1.165, 1.54) is 6.07 Å². The number of hydrogen-bond donors (Lipinski definition) is 3. The standard InChI is InChI=1S/C13H17N3O2/c1-9(8-18-2)14-11-5-3-10(4-6-11)12-7-13(17)16-15-12/h3-7,9,14H,8H2,1-2H3,(H2,15,16,17). The highest BCUT2D eigenvalue weighted by Crippen LogP contribution is 2.18. The molecule has 5 nitrogen and oxygen atoms in total. The maximum Gasteiger partial charge on any atom is 0.264 e. The Morgan fingerprint density at radius 3 is 2.56 bits per heavy atom. The fourth-order valence-corrected chi connectivity index (χ4v) is 1.81.